The SMILES string of the molecule is Cc1c(Cl)cccc1NS(=O)(=O)c1cc(CO)ccc1Br. The second-order valence-electron chi connectivity index (χ2n) is 4.44. The third kappa shape index (κ3) is 3.58. The number of hydrogen-bond donors (Lipinski definition) is 2. The molecule has 0 saturated heterocycles. The summed E-state index contributed by atoms with van der Waals surface area (Å²) in [4.78, 5) is 0.0634. The number of nitrogens with one attached hydrogen (secondary N) is 1. The van der Waals surface area contributed by atoms with Gasteiger partial charge in [-0.25, -0.2) is 8.42 Å². The molecule has 0 bridgehead atoms. The summed E-state index contributed by atoms with van der Waals surface area (Å²) < 4.78 is 27.9. The minimum Gasteiger partial charge on any atom is -0.392 e. The summed E-state index contributed by atoms with van der Waals surface area (Å²) in [6.07, 6.45) is 0. The quantitative estimate of drug-likeness (QED) is 0.836. The van der Waals surface area contributed by atoms with Crippen molar-refractivity contribution in [1.82, 2.24) is 0 Å². The van der Waals surface area contributed by atoms with E-state index in [1.54, 1.807) is 37.3 Å². The number of halogens is 2. The molecule has 0 unspecified atom stereocenters. The average Bonchev–Trinajstić information content (AvgIpc) is 2.44. The van der Waals surface area contributed by atoms with E-state index in [0.29, 0.717) is 26.3 Å². The number of rotatable bonds is 4. The first-order chi connectivity index (χ1) is 9.85. The van der Waals surface area contributed by atoms with E-state index in [4.69, 9.17) is 16.7 Å². The molecule has 7 heteroatoms. The Morgan fingerprint density at radius 3 is 2.67 bits per heavy atom. The topological polar surface area (TPSA) is 66.4 Å². The normalized spacial score (nSPS) is 11.4. The van der Waals surface area contributed by atoms with Crippen LogP contribution in [0.25, 0.3) is 0 Å². The van der Waals surface area contributed by atoms with Gasteiger partial charge in [-0.15, -0.1) is 0 Å². The first-order valence-electron chi connectivity index (χ1n) is 6.02. The number of anilines is 1. The van der Waals surface area contributed by atoms with Gasteiger partial charge in [0.05, 0.1) is 12.3 Å². The van der Waals surface area contributed by atoms with Crippen molar-refractivity contribution in [2.45, 2.75) is 18.4 Å². The zero-order valence-corrected chi connectivity index (χ0v) is 14.3. The molecule has 21 heavy (non-hydrogen) atoms. The van der Waals surface area contributed by atoms with Gasteiger partial charge in [-0.1, -0.05) is 23.7 Å². The maximum atomic E-state index is 12.5. The van der Waals surface area contributed by atoms with Gasteiger partial charge in [0.15, 0.2) is 0 Å². The molecule has 0 atom stereocenters. The van der Waals surface area contributed by atoms with E-state index in [-0.39, 0.29) is 11.5 Å². The molecule has 2 aromatic carbocycles. The van der Waals surface area contributed by atoms with Crippen LogP contribution in [0.2, 0.25) is 5.02 Å². The van der Waals surface area contributed by atoms with Gasteiger partial charge in [0, 0.05) is 9.50 Å². The number of sulfonamides is 1. The van der Waals surface area contributed by atoms with Crippen molar-refractivity contribution < 1.29 is 13.5 Å². The minimum atomic E-state index is -3.78. The first-order valence-corrected chi connectivity index (χ1v) is 8.68. The standard InChI is InChI=1S/C14H13BrClNO3S/c1-9-12(16)3-2-4-13(9)17-21(19,20)14-7-10(8-18)5-6-11(14)15/h2-7,17-18H,8H2,1H3. The Labute approximate surface area is 136 Å². The second kappa shape index (κ2) is 6.36. The summed E-state index contributed by atoms with van der Waals surface area (Å²) in [5.41, 5.74) is 1.59. The van der Waals surface area contributed by atoms with Gasteiger partial charge in [0.1, 0.15) is 4.90 Å². The fourth-order valence-electron chi connectivity index (χ4n) is 1.77. The first kappa shape index (κ1) is 16.3. The van der Waals surface area contributed by atoms with Gasteiger partial charge in [0.25, 0.3) is 10.0 Å². The van der Waals surface area contributed by atoms with E-state index in [2.05, 4.69) is 20.7 Å². The van der Waals surface area contributed by atoms with Crippen LogP contribution < -0.4 is 4.72 Å². The lowest BCUT2D eigenvalue weighted by atomic mass is 10.2. The Kier molecular flexibility index (Phi) is 4.93. The second-order valence-corrected chi connectivity index (χ2v) is 7.35. The smallest absolute Gasteiger partial charge is 0.263 e. The maximum Gasteiger partial charge on any atom is 0.263 e. The monoisotopic (exact) mass is 389 g/mol. The molecular weight excluding hydrogens is 378 g/mol. The highest BCUT2D eigenvalue weighted by Gasteiger charge is 2.19. The zero-order valence-electron chi connectivity index (χ0n) is 11.1. The molecule has 2 N–H and O–H groups in total. The Morgan fingerprint density at radius 2 is 2.00 bits per heavy atom. The van der Waals surface area contributed by atoms with Crippen LogP contribution in [0.4, 0.5) is 5.69 Å². The van der Waals surface area contributed by atoms with Gasteiger partial charge >= 0.3 is 0 Å². The lowest BCUT2D eigenvalue weighted by Gasteiger charge is -2.13. The van der Waals surface area contributed by atoms with Gasteiger partial charge in [-0.05, 0) is 58.2 Å². The van der Waals surface area contributed by atoms with Crippen molar-refractivity contribution in [2.75, 3.05) is 4.72 Å². The molecule has 0 radical (unpaired) electrons. The van der Waals surface area contributed by atoms with Crippen LogP contribution in [-0.2, 0) is 16.6 Å². The predicted molar refractivity (Wildman–Crippen MR) is 87.1 cm³/mol. The molecule has 0 aromatic heterocycles. The van der Waals surface area contributed by atoms with Crippen molar-refractivity contribution >= 4 is 43.2 Å². The van der Waals surface area contributed by atoms with Gasteiger partial charge in [-0.2, -0.15) is 0 Å². The van der Waals surface area contributed by atoms with Crippen molar-refractivity contribution in [3.63, 3.8) is 0 Å². The van der Waals surface area contributed by atoms with Crippen molar-refractivity contribution in [3.05, 3.63) is 57.0 Å². The fourth-order valence-corrected chi connectivity index (χ4v) is 4.08. The van der Waals surface area contributed by atoms with E-state index in [9.17, 15) is 8.42 Å². The van der Waals surface area contributed by atoms with Gasteiger partial charge in [0.2, 0.25) is 0 Å². The van der Waals surface area contributed by atoms with Crippen LogP contribution in [0.15, 0.2) is 45.8 Å². The molecule has 0 heterocycles. The number of aliphatic hydroxyl groups is 1. The summed E-state index contributed by atoms with van der Waals surface area (Å²) in [6, 6.07) is 9.66. The third-order valence-corrected chi connectivity index (χ3v) is 5.75. The number of aliphatic hydroxyl groups excluding tert-OH is 1. The maximum absolute atomic E-state index is 12.5. The zero-order chi connectivity index (χ0) is 15.6. The Morgan fingerprint density at radius 1 is 1.29 bits per heavy atom. The van der Waals surface area contributed by atoms with Crippen LogP contribution in [0.1, 0.15) is 11.1 Å². The Balaban J connectivity index is 2.46. The lowest BCUT2D eigenvalue weighted by Crippen LogP contribution is -2.14. The van der Waals surface area contributed by atoms with Crippen LogP contribution in [0.5, 0.6) is 0 Å². The summed E-state index contributed by atoms with van der Waals surface area (Å²) >= 11 is 9.21. The summed E-state index contributed by atoms with van der Waals surface area (Å²) in [7, 11) is -3.78. The van der Waals surface area contributed by atoms with E-state index < -0.39 is 10.0 Å². The summed E-state index contributed by atoms with van der Waals surface area (Å²) in [5.74, 6) is 0. The molecule has 0 saturated carbocycles. The molecule has 2 rings (SSSR count). The van der Waals surface area contributed by atoms with Gasteiger partial charge < -0.3 is 5.11 Å². The van der Waals surface area contributed by atoms with Crippen molar-refractivity contribution in [3.8, 4) is 0 Å². The molecule has 0 aliphatic rings. The van der Waals surface area contributed by atoms with Crippen LogP contribution in [0, 0.1) is 6.92 Å². The molecular formula is C14H13BrClNO3S. The van der Waals surface area contributed by atoms with Crippen LogP contribution in [-0.4, -0.2) is 13.5 Å². The molecule has 0 spiro atoms. The van der Waals surface area contributed by atoms with Gasteiger partial charge in [-0.3, -0.25) is 4.72 Å². The van der Waals surface area contributed by atoms with E-state index >= 15 is 0 Å². The highest BCUT2D eigenvalue weighted by Crippen LogP contribution is 2.28. The number of benzene rings is 2. The third-order valence-electron chi connectivity index (χ3n) is 2.98. The van der Waals surface area contributed by atoms with Crippen LogP contribution >= 0.6 is 27.5 Å². The van der Waals surface area contributed by atoms with E-state index in [1.165, 1.54) is 6.07 Å². The molecule has 0 amide bonds. The lowest BCUT2D eigenvalue weighted by molar-refractivity contribution is 0.281. The number of hydrogen-bond acceptors (Lipinski definition) is 3. The largest absolute Gasteiger partial charge is 0.392 e. The molecule has 0 aliphatic heterocycles. The highest BCUT2D eigenvalue weighted by molar-refractivity contribution is 9.10. The molecule has 0 fully saturated rings. The Bertz CT molecular complexity index is 778. The Hall–Kier alpha value is -1.08. The molecule has 4 nitrogen and oxygen atoms in total. The predicted octanol–water partition coefficient (Wildman–Crippen LogP) is 3.70. The molecule has 2 aromatic rings. The minimum absolute atomic E-state index is 0.0634. The summed E-state index contributed by atoms with van der Waals surface area (Å²) in [6.45, 7) is 1.51. The average molecular weight is 391 g/mol. The summed E-state index contributed by atoms with van der Waals surface area (Å²) in [5, 5.41) is 9.63. The van der Waals surface area contributed by atoms with Crippen LogP contribution in [0.3, 0.4) is 0 Å². The molecule has 112 valence electrons. The highest BCUT2D eigenvalue weighted by atomic mass is 79.9. The molecule has 0 aliphatic carbocycles. The van der Waals surface area contributed by atoms with E-state index in [0.717, 1.165) is 0 Å². The van der Waals surface area contributed by atoms with E-state index in [1.807, 2.05) is 0 Å². The van der Waals surface area contributed by atoms with Crippen molar-refractivity contribution in [1.29, 1.82) is 0 Å². The van der Waals surface area contributed by atoms with Crippen molar-refractivity contribution in [2.24, 2.45) is 0 Å². The fraction of sp³-hybridized carbons (Fsp3) is 0.143.